The Kier molecular flexibility index (Phi) is 9.32. The normalized spacial score (nSPS) is 8.13. The van der Waals surface area contributed by atoms with Crippen LogP contribution < -0.4 is 60.9 Å². The Morgan fingerprint density at radius 3 is 2.27 bits per heavy atom. The Balaban J connectivity index is 0. The van der Waals surface area contributed by atoms with Crippen LogP contribution in [0.15, 0.2) is 18.2 Å². The van der Waals surface area contributed by atoms with Crippen molar-refractivity contribution in [2.75, 3.05) is 14.2 Å². The average Bonchev–Trinajstić information content (AvgIpc) is 2.16. The summed E-state index contributed by atoms with van der Waals surface area (Å²) in [7, 11) is 2.97. The second-order valence-electron chi connectivity index (χ2n) is 2.40. The van der Waals surface area contributed by atoms with Crippen molar-refractivity contribution in [3.63, 3.8) is 0 Å². The van der Waals surface area contributed by atoms with E-state index in [-0.39, 0.29) is 62.4 Å². The van der Waals surface area contributed by atoms with Crippen LogP contribution in [-0.2, 0) is 0 Å². The van der Waals surface area contributed by atoms with E-state index < -0.39 is 5.91 Å². The summed E-state index contributed by atoms with van der Waals surface area (Å²) in [6.45, 7) is 0. The summed E-state index contributed by atoms with van der Waals surface area (Å²) in [6.07, 6.45) is 0. The maximum Gasteiger partial charge on any atom is 1.00 e. The molecule has 5 nitrogen and oxygen atoms in total. The fraction of sp³-hybridized carbons (Fsp3) is 0.222. The first-order chi connectivity index (χ1) is 6.19. The summed E-state index contributed by atoms with van der Waals surface area (Å²) >= 11 is 0. The number of hydrogen-bond donors (Lipinski definition) is 0. The zero-order chi connectivity index (χ0) is 9.84. The third kappa shape index (κ3) is 4.50. The van der Waals surface area contributed by atoms with Crippen LogP contribution in [0.5, 0.6) is 11.5 Å². The third-order valence-corrected chi connectivity index (χ3v) is 1.65. The second kappa shape index (κ2) is 8.09. The van der Waals surface area contributed by atoms with Gasteiger partial charge in [0, 0.05) is 11.6 Å². The topological polar surface area (TPSA) is 89.3 Å². The van der Waals surface area contributed by atoms with E-state index in [9.17, 15) is 4.79 Å². The molecule has 0 fully saturated rings. The minimum absolute atomic E-state index is 0. The number of amides is 1. The van der Waals surface area contributed by atoms with Gasteiger partial charge in [0.15, 0.2) is 0 Å². The molecule has 0 aliphatic heterocycles. The molecular weight excluding hydrogens is 225 g/mol. The van der Waals surface area contributed by atoms with Crippen LogP contribution in [0, 0.1) is 0 Å². The third-order valence-electron chi connectivity index (χ3n) is 1.65. The molecule has 1 rings (SSSR count). The van der Waals surface area contributed by atoms with Crippen molar-refractivity contribution in [3.05, 3.63) is 29.5 Å². The van der Waals surface area contributed by atoms with Gasteiger partial charge in [0.05, 0.1) is 20.1 Å². The number of carbonyl (C=O) groups is 1. The number of methoxy groups -OCH3 is 2. The number of nitrogens with one attached hydrogen (secondary N) is 1. The number of carbonyl (C=O) groups excluding carboxylic acids is 1. The number of ether oxygens (including phenoxy) is 2. The minimum atomic E-state index is -0.764. The summed E-state index contributed by atoms with van der Waals surface area (Å²) < 4.78 is 9.87. The van der Waals surface area contributed by atoms with Crippen LogP contribution in [-0.4, -0.2) is 25.6 Å². The molecule has 0 spiro atoms. The Hall–Kier alpha value is -0.114. The zero-order valence-corrected chi connectivity index (χ0v) is 12.0. The van der Waals surface area contributed by atoms with Gasteiger partial charge in [0.2, 0.25) is 0 Å². The van der Waals surface area contributed by atoms with Crippen LogP contribution in [0.3, 0.4) is 0 Å². The van der Waals surface area contributed by atoms with E-state index in [0.29, 0.717) is 11.5 Å². The van der Waals surface area contributed by atoms with Gasteiger partial charge < -0.3 is 25.5 Å². The van der Waals surface area contributed by atoms with Gasteiger partial charge in [0.25, 0.3) is 0 Å². The van der Waals surface area contributed by atoms with Crippen molar-refractivity contribution < 1.29 is 71.1 Å². The molecule has 0 saturated heterocycles. The Labute approximate surface area is 131 Å². The van der Waals surface area contributed by atoms with Crippen LogP contribution in [0.4, 0.5) is 0 Å². The SMILES string of the molecule is COc1ccc(C([NH-])=O)c(OC)c1.[K+].[OH-]. The molecule has 6 heteroatoms. The summed E-state index contributed by atoms with van der Waals surface area (Å²) in [5, 5.41) is 0. The van der Waals surface area contributed by atoms with Crippen LogP contribution >= 0.6 is 0 Å². The van der Waals surface area contributed by atoms with E-state index in [0.717, 1.165) is 0 Å². The van der Waals surface area contributed by atoms with Gasteiger partial charge in [-0.1, -0.05) is 0 Å². The number of hydrogen-bond acceptors (Lipinski definition) is 4. The van der Waals surface area contributed by atoms with Crippen molar-refractivity contribution in [3.8, 4) is 11.5 Å². The van der Waals surface area contributed by atoms with Crippen molar-refractivity contribution in [1.29, 1.82) is 0 Å². The molecule has 0 radical (unpaired) electrons. The molecule has 0 bridgehead atoms. The average molecular weight is 236 g/mol. The molecule has 0 aliphatic rings. The number of benzene rings is 1. The molecule has 0 heterocycles. The van der Waals surface area contributed by atoms with Gasteiger partial charge in [-0.05, 0) is 12.1 Å². The number of rotatable bonds is 3. The molecule has 2 N–H and O–H groups in total. The van der Waals surface area contributed by atoms with Crippen LogP contribution in [0.1, 0.15) is 10.4 Å². The Morgan fingerprint density at radius 1 is 1.27 bits per heavy atom. The minimum Gasteiger partial charge on any atom is -0.870 e. The summed E-state index contributed by atoms with van der Waals surface area (Å²) in [5.74, 6) is 0.195. The van der Waals surface area contributed by atoms with Gasteiger partial charge in [-0.15, -0.1) is 0 Å². The fourth-order valence-electron chi connectivity index (χ4n) is 0.986. The first-order valence-corrected chi connectivity index (χ1v) is 3.67. The molecule has 1 aromatic carbocycles. The molecule has 1 aromatic rings. The molecule has 0 saturated carbocycles. The van der Waals surface area contributed by atoms with E-state index >= 15 is 0 Å². The maximum absolute atomic E-state index is 10.8. The quantitative estimate of drug-likeness (QED) is 0.612. The molecule has 15 heavy (non-hydrogen) atoms. The smallest absolute Gasteiger partial charge is 0.870 e. The molecule has 0 aromatic heterocycles. The van der Waals surface area contributed by atoms with Gasteiger partial charge in [0.1, 0.15) is 11.5 Å². The van der Waals surface area contributed by atoms with Crippen molar-refractivity contribution in [2.24, 2.45) is 0 Å². The van der Waals surface area contributed by atoms with Gasteiger partial charge in [-0.3, -0.25) is 0 Å². The zero-order valence-electron chi connectivity index (χ0n) is 8.90. The molecule has 0 atom stereocenters. The standard InChI is InChI=1S/C9H11NO3.K.H2O/c1-12-6-3-4-7(9(10)11)8(5-6)13-2;;/h3-5H,1-2H3,(H2,10,11);;1H2/q;+1;/p-2. The van der Waals surface area contributed by atoms with Crippen molar-refractivity contribution in [2.45, 2.75) is 0 Å². The largest absolute Gasteiger partial charge is 1.00 e. The summed E-state index contributed by atoms with van der Waals surface area (Å²) in [5.41, 5.74) is 7.17. The van der Waals surface area contributed by atoms with Crippen molar-refractivity contribution >= 4 is 5.91 Å². The van der Waals surface area contributed by atoms with E-state index in [1.807, 2.05) is 0 Å². The van der Waals surface area contributed by atoms with E-state index in [2.05, 4.69) is 0 Å². The Morgan fingerprint density at radius 2 is 1.87 bits per heavy atom. The predicted molar refractivity (Wildman–Crippen MR) is 50.1 cm³/mol. The maximum atomic E-state index is 10.8. The first kappa shape index (κ1) is 17.3. The van der Waals surface area contributed by atoms with E-state index in [1.54, 1.807) is 12.1 Å². The molecule has 78 valence electrons. The molecule has 0 unspecified atom stereocenters. The molecular formula is C9H11KNO4-. The van der Waals surface area contributed by atoms with Crippen LogP contribution in [0.2, 0.25) is 0 Å². The first-order valence-electron chi connectivity index (χ1n) is 3.67. The monoisotopic (exact) mass is 236 g/mol. The predicted octanol–water partition coefficient (Wildman–Crippen LogP) is -1.28. The molecule has 0 aliphatic carbocycles. The molecule has 1 amide bonds. The summed E-state index contributed by atoms with van der Waals surface area (Å²) in [6, 6.07) is 4.69. The second-order valence-corrected chi connectivity index (χ2v) is 2.40. The van der Waals surface area contributed by atoms with Crippen LogP contribution in [0.25, 0.3) is 5.73 Å². The fourth-order valence-corrected chi connectivity index (χ4v) is 0.986. The van der Waals surface area contributed by atoms with Crippen molar-refractivity contribution in [1.82, 2.24) is 0 Å². The van der Waals surface area contributed by atoms with Gasteiger partial charge in [-0.25, -0.2) is 0 Å². The van der Waals surface area contributed by atoms with E-state index in [1.165, 1.54) is 20.3 Å². The van der Waals surface area contributed by atoms with E-state index in [4.69, 9.17) is 15.2 Å². The Bertz CT molecular complexity index is 330. The van der Waals surface area contributed by atoms with Gasteiger partial charge >= 0.3 is 51.4 Å². The van der Waals surface area contributed by atoms with Gasteiger partial charge in [-0.2, -0.15) is 0 Å². The summed E-state index contributed by atoms with van der Waals surface area (Å²) in [4.78, 5) is 10.8.